The molecule has 1 atom stereocenters. The molecule has 5 nitrogen and oxygen atoms in total. The van der Waals surface area contributed by atoms with E-state index in [9.17, 15) is 4.79 Å². The summed E-state index contributed by atoms with van der Waals surface area (Å²) in [6, 6.07) is 0. The van der Waals surface area contributed by atoms with E-state index in [1.165, 1.54) is 0 Å². The Hall–Kier alpha value is -1.36. The number of nitrogens with zero attached hydrogens (tertiary/aromatic N) is 2. The van der Waals surface area contributed by atoms with Gasteiger partial charge in [-0.25, -0.2) is 4.99 Å². The molecule has 0 aromatic carbocycles. The second-order valence-corrected chi connectivity index (χ2v) is 4.05. The van der Waals surface area contributed by atoms with Gasteiger partial charge in [-0.2, -0.15) is 0 Å². The maximum Gasteiger partial charge on any atom is 0.306 e. The highest BCUT2D eigenvalue weighted by atomic mass is 16.4. The Labute approximate surface area is 95.6 Å². The topological polar surface area (TPSA) is 78.9 Å². The maximum absolute atomic E-state index is 11.0. The summed E-state index contributed by atoms with van der Waals surface area (Å²) < 4.78 is 0. The molecule has 1 aliphatic heterocycles. The van der Waals surface area contributed by atoms with E-state index in [0.29, 0.717) is 19.4 Å². The number of nitrogens with two attached hydrogens (primary N) is 1. The van der Waals surface area contributed by atoms with E-state index in [-0.39, 0.29) is 5.92 Å². The summed E-state index contributed by atoms with van der Waals surface area (Å²) in [5, 5.41) is 9.05. The van der Waals surface area contributed by atoms with E-state index in [1.54, 1.807) is 6.34 Å². The lowest BCUT2D eigenvalue weighted by Gasteiger charge is -2.18. The molecule has 1 rings (SSSR count). The number of hydrogen-bond donors (Lipinski definition) is 2. The molecule has 1 aliphatic rings. The van der Waals surface area contributed by atoms with Crippen molar-refractivity contribution in [1.82, 2.24) is 4.90 Å². The van der Waals surface area contributed by atoms with E-state index in [1.807, 2.05) is 18.0 Å². The van der Waals surface area contributed by atoms with Crippen LogP contribution < -0.4 is 5.73 Å². The first-order valence-electron chi connectivity index (χ1n) is 5.50. The number of carboxylic acids is 1. The van der Waals surface area contributed by atoms with Crippen LogP contribution in [-0.4, -0.2) is 42.5 Å². The minimum atomic E-state index is -0.761. The van der Waals surface area contributed by atoms with Gasteiger partial charge < -0.3 is 15.7 Å². The number of carbonyl (C=O) groups is 1. The molecule has 0 saturated carbocycles. The van der Waals surface area contributed by atoms with Gasteiger partial charge in [-0.05, 0) is 25.5 Å². The second-order valence-electron chi connectivity index (χ2n) is 4.05. The van der Waals surface area contributed by atoms with Crippen molar-refractivity contribution >= 4 is 12.3 Å². The molecule has 0 bridgehead atoms. The van der Waals surface area contributed by atoms with E-state index in [0.717, 1.165) is 18.7 Å². The van der Waals surface area contributed by atoms with E-state index in [4.69, 9.17) is 10.8 Å². The molecule has 0 aliphatic carbocycles. The van der Waals surface area contributed by atoms with Gasteiger partial charge in [-0.3, -0.25) is 4.79 Å². The number of likely N-dealkylation sites (N-methyl/N-ethyl adjacent to an activating group) is 1. The van der Waals surface area contributed by atoms with E-state index in [2.05, 4.69) is 4.99 Å². The van der Waals surface area contributed by atoms with Crippen molar-refractivity contribution in [1.29, 1.82) is 0 Å². The molecule has 0 saturated heterocycles. The molecule has 0 spiro atoms. The van der Waals surface area contributed by atoms with Crippen molar-refractivity contribution in [3.05, 3.63) is 11.8 Å². The number of allylic oxidation sites excluding steroid dienone is 1. The molecule has 16 heavy (non-hydrogen) atoms. The van der Waals surface area contributed by atoms with Crippen LogP contribution in [-0.2, 0) is 4.79 Å². The molecule has 0 aromatic rings. The largest absolute Gasteiger partial charge is 0.481 e. The molecule has 90 valence electrons. The summed E-state index contributed by atoms with van der Waals surface area (Å²) in [6.07, 6.45) is 5.57. The smallest absolute Gasteiger partial charge is 0.306 e. The quantitative estimate of drug-likeness (QED) is 0.696. The highest BCUT2D eigenvalue weighted by molar-refractivity contribution is 5.70. The molecule has 3 N–H and O–H groups in total. The third-order valence-electron chi connectivity index (χ3n) is 2.60. The summed E-state index contributed by atoms with van der Waals surface area (Å²) in [4.78, 5) is 17.2. The minimum absolute atomic E-state index is 0.365. The molecule has 0 radical (unpaired) electrons. The van der Waals surface area contributed by atoms with Crippen molar-refractivity contribution in [2.75, 3.05) is 20.1 Å². The predicted octanol–water partition coefficient (Wildman–Crippen LogP) is 0.674. The van der Waals surface area contributed by atoms with Gasteiger partial charge >= 0.3 is 5.97 Å². The van der Waals surface area contributed by atoms with Crippen LogP contribution in [0, 0.1) is 5.92 Å². The monoisotopic (exact) mass is 225 g/mol. The van der Waals surface area contributed by atoms with Gasteiger partial charge in [0, 0.05) is 25.7 Å². The van der Waals surface area contributed by atoms with Gasteiger partial charge in [-0.1, -0.05) is 0 Å². The van der Waals surface area contributed by atoms with Crippen LogP contribution in [0.15, 0.2) is 16.8 Å². The second kappa shape index (κ2) is 6.27. The zero-order valence-electron chi connectivity index (χ0n) is 9.59. The average molecular weight is 225 g/mol. The van der Waals surface area contributed by atoms with Crippen LogP contribution in [0.5, 0.6) is 0 Å². The van der Waals surface area contributed by atoms with Crippen LogP contribution in [0.25, 0.3) is 0 Å². The standard InChI is InChI=1S/C11H19N3O2/c1-14-6-4-10(13-8-14)7-9(11(15)16)3-2-5-12/h4,8-9H,2-3,5-7,12H2,1H3,(H,15,16)/t9-/m0/s1. The number of rotatable bonds is 6. The predicted molar refractivity (Wildman–Crippen MR) is 63.2 cm³/mol. The molecule has 0 fully saturated rings. The Morgan fingerprint density at radius 1 is 1.75 bits per heavy atom. The van der Waals surface area contributed by atoms with Crippen LogP contribution in [0.3, 0.4) is 0 Å². The summed E-state index contributed by atoms with van der Waals surface area (Å²) >= 11 is 0. The minimum Gasteiger partial charge on any atom is -0.481 e. The van der Waals surface area contributed by atoms with Gasteiger partial charge in [0.25, 0.3) is 0 Å². The van der Waals surface area contributed by atoms with Crippen molar-refractivity contribution in [3.63, 3.8) is 0 Å². The van der Waals surface area contributed by atoms with Crippen LogP contribution in [0.2, 0.25) is 0 Å². The van der Waals surface area contributed by atoms with Crippen molar-refractivity contribution in [2.24, 2.45) is 16.6 Å². The number of aliphatic imine (C=N–C) groups is 1. The van der Waals surface area contributed by atoms with Gasteiger partial charge in [0.05, 0.1) is 12.3 Å². The van der Waals surface area contributed by atoms with Crippen molar-refractivity contribution in [2.45, 2.75) is 19.3 Å². The molecular formula is C11H19N3O2. The zero-order valence-corrected chi connectivity index (χ0v) is 9.59. The fourth-order valence-corrected chi connectivity index (χ4v) is 1.59. The third kappa shape index (κ3) is 4.02. The maximum atomic E-state index is 11.0. The first-order valence-corrected chi connectivity index (χ1v) is 5.50. The Balaban J connectivity index is 2.49. The van der Waals surface area contributed by atoms with Crippen LogP contribution in [0.1, 0.15) is 19.3 Å². The van der Waals surface area contributed by atoms with Crippen molar-refractivity contribution in [3.8, 4) is 0 Å². The van der Waals surface area contributed by atoms with Gasteiger partial charge in [-0.15, -0.1) is 0 Å². The van der Waals surface area contributed by atoms with Gasteiger partial charge in [0.1, 0.15) is 0 Å². The highest BCUT2D eigenvalue weighted by Crippen LogP contribution is 2.19. The molecule has 0 unspecified atom stereocenters. The van der Waals surface area contributed by atoms with Crippen LogP contribution in [0.4, 0.5) is 0 Å². The number of carboxylic acid groups (broad SMARTS) is 1. The molecule has 1 heterocycles. The molecule has 0 aromatic heterocycles. The molecule has 0 amide bonds. The summed E-state index contributed by atoms with van der Waals surface area (Å²) in [7, 11) is 1.93. The normalized spacial score (nSPS) is 17.1. The lowest BCUT2D eigenvalue weighted by Crippen LogP contribution is -2.21. The van der Waals surface area contributed by atoms with E-state index < -0.39 is 5.97 Å². The average Bonchev–Trinajstić information content (AvgIpc) is 2.26. The van der Waals surface area contributed by atoms with Crippen LogP contribution >= 0.6 is 0 Å². The lowest BCUT2D eigenvalue weighted by molar-refractivity contribution is -0.141. The van der Waals surface area contributed by atoms with Crippen molar-refractivity contribution < 1.29 is 9.90 Å². The first kappa shape index (κ1) is 12.7. The van der Waals surface area contributed by atoms with Gasteiger partial charge in [0.15, 0.2) is 0 Å². The summed E-state index contributed by atoms with van der Waals surface area (Å²) in [5.74, 6) is -1.13. The Bertz CT molecular complexity index is 300. The first-order chi connectivity index (χ1) is 7.63. The lowest BCUT2D eigenvalue weighted by atomic mass is 9.97. The Kier molecular flexibility index (Phi) is 4.98. The Morgan fingerprint density at radius 2 is 2.50 bits per heavy atom. The fraction of sp³-hybridized carbons (Fsp3) is 0.636. The summed E-state index contributed by atoms with van der Waals surface area (Å²) in [5.41, 5.74) is 6.25. The van der Waals surface area contributed by atoms with E-state index >= 15 is 0 Å². The fourth-order valence-electron chi connectivity index (χ4n) is 1.59. The molecule has 5 heteroatoms. The van der Waals surface area contributed by atoms with Gasteiger partial charge in [0.2, 0.25) is 0 Å². The summed E-state index contributed by atoms with van der Waals surface area (Å²) in [6.45, 7) is 1.33. The molecular weight excluding hydrogens is 206 g/mol. The Morgan fingerprint density at radius 3 is 3.00 bits per heavy atom. The SMILES string of the molecule is CN1C=NC(C[C@H](CCCN)C(=O)O)=CC1. The highest BCUT2D eigenvalue weighted by Gasteiger charge is 2.19. The third-order valence-corrected chi connectivity index (χ3v) is 2.60. The number of aliphatic carboxylic acids is 1. The number of hydrogen-bond acceptors (Lipinski definition) is 4. The zero-order chi connectivity index (χ0) is 12.0.